The van der Waals surface area contributed by atoms with Gasteiger partial charge in [0, 0.05) is 41.0 Å². The maximum Gasteiger partial charge on any atom is 0.258 e. The summed E-state index contributed by atoms with van der Waals surface area (Å²) in [7, 11) is 0. The van der Waals surface area contributed by atoms with Gasteiger partial charge in [-0.1, -0.05) is 41.0 Å². The Kier molecular flexibility index (Phi) is 6.66. The van der Waals surface area contributed by atoms with Gasteiger partial charge in [-0.3, -0.25) is 13.8 Å². The lowest BCUT2D eigenvalue weighted by Gasteiger charge is -2.16. The molecule has 1 aromatic carbocycles. The lowest BCUT2D eigenvalue weighted by molar-refractivity contribution is 0.210. The van der Waals surface area contributed by atoms with E-state index in [2.05, 4.69) is 21.8 Å². The fourth-order valence-electron chi connectivity index (χ4n) is 2.92. The van der Waals surface area contributed by atoms with Crippen LogP contribution < -0.4 is 10.3 Å². The number of thiazole rings is 1. The molecule has 0 N–H and O–H groups in total. The van der Waals surface area contributed by atoms with Crippen LogP contribution in [0.2, 0.25) is 10.0 Å². The number of fused-ring (bicyclic) bond motifs is 1. The van der Waals surface area contributed by atoms with E-state index in [4.69, 9.17) is 27.9 Å². The molecule has 4 aromatic rings. The predicted molar refractivity (Wildman–Crippen MR) is 125 cm³/mol. The summed E-state index contributed by atoms with van der Waals surface area (Å²) >= 11 is 15.1. The molecule has 0 aliphatic carbocycles. The molecule has 0 aliphatic heterocycles. The summed E-state index contributed by atoms with van der Waals surface area (Å²) in [6.45, 7) is 6.19. The molecule has 11 heteroatoms. The third kappa shape index (κ3) is 4.79. The Morgan fingerprint density at radius 3 is 2.97 bits per heavy atom. The fraction of sp³-hybridized carbons (Fsp3) is 0.200. The number of thioether (sulfide) groups is 1. The zero-order valence-electron chi connectivity index (χ0n) is 16.4. The van der Waals surface area contributed by atoms with Crippen molar-refractivity contribution in [1.82, 2.24) is 24.1 Å². The molecule has 160 valence electrons. The number of benzene rings is 1. The highest BCUT2D eigenvalue weighted by Gasteiger charge is 2.20. The van der Waals surface area contributed by atoms with E-state index < -0.39 is 6.10 Å². The first-order valence-corrected chi connectivity index (χ1v) is 11.8. The first kappa shape index (κ1) is 21.9. The average Bonchev–Trinajstić information content (AvgIpc) is 3.37. The molecule has 0 aliphatic rings. The second-order valence-electron chi connectivity index (χ2n) is 6.50. The Hall–Kier alpha value is -2.33. The summed E-state index contributed by atoms with van der Waals surface area (Å²) in [5, 5.41) is 12.1. The molecule has 0 fully saturated rings. The molecule has 0 bridgehead atoms. The van der Waals surface area contributed by atoms with Gasteiger partial charge in [0.1, 0.15) is 5.75 Å². The summed E-state index contributed by atoms with van der Waals surface area (Å²) < 4.78 is 9.43. The van der Waals surface area contributed by atoms with Gasteiger partial charge in [0.05, 0.1) is 10.7 Å². The number of ether oxygens (including phenoxy) is 1. The first-order chi connectivity index (χ1) is 15.0. The SMILES string of the molecule is C=CCn1c(SCc2cc(=O)n3ccsc3n2)nnc1C(C)Oc1cc(Cl)ccc1Cl. The lowest BCUT2D eigenvalue weighted by Crippen LogP contribution is -2.13. The molecule has 7 nitrogen and oxygen atoms in total. The highest BCUT2D eigenvalue weighted by molar-refractivity contribution is 7.98. The van der Waals surface area contributed by atoms with Crippen LogP contribution in [0.4, 0.5) is 0 Å². The summed E-state index contributed by atoms with van der Waals surface area (Å²) in [6, 6.07) is 6.58. The molecule has 4 rings (SSSR count). The van der Waals surface area contributed by atoms with Gasteiger partial charge < -0.3 is 4.74 Å². The molecular formula is C20H17Cl2N5O2S2. The van der Waals surface area contributed by atoms with Crippen LogP contribution in [0.1, 0.15) is 24.5 Å². The Balaban J connectivity index is 1.55. The van der Waals surface area contributed by atoms with E-state index in [-0.39, 0.29) is 5.56 Å². The molecule has 0 spiro atoms. The van der Waals surface area contributed by atoms with Crippen LogP contribution in [0.25, 0.3) is 4.96 Å². The van der Waals surface area contributed by atoms with Crippen molar-refractivity contribution in [3.63, 3.8) is 0 Å². The number of hydrogen-bond acceptors (Lipinski definition) is 7. The number of halogens is 2. The molecule has 3 aromatic heterocycles. The first-order valence-electron chi connectivity index (χ1n) is 9.20. The van der Waals surface area contributed by atoms with Crippen molar-refractivity contribution < 1.29 is 4.74 Å². The van der Waals surface area contributed by atoms with E-state index in [1.54, 1.807) is 30.5 Å². The molecular weight excluding hydrogens is 477 g/mol. The van der Waals surface area contributed by atoms with E-state index in [0.717, 1.165) is 0 Å². The molecule has 3 heterocycles. The molecule has 0 saturated carbocycles. The minimum atomic E-state index is -0.428. The van der Waals surface area contributed by atoms with Crippen LogP contribution in [0, 0.1) is 0 Å². The van der Waals surface area contributed by atoms with E-state index in [1.807, 2.05) is 16.9 Å². The molecule has 1 atom stereocenters. The van der Waals surface area contributed by atoms with Gasteiger partial charge in [-0.25, -0.2) is 4.98 Å². The second-order valence-corrected chi connectivity index (χ2v) is 9.16. The van der Waals surface area contributed by atoms with E-state index in [1.165, 1.54) is 33.6 Å². The van der Waals surface area contributed by atoms with Gasteiger partial charge >= 0.3 is 0 Å². The van der Waals surface area contributed by atoms with Gasteiger partial charge in [0.25, 0.3) is 5.56 Å². The quantitative estimate of drug-likeness (QED) is 0.245. The minimum Gasteiger partial charge on any atom is -0.481 e. The van der Waals surface area contributed by atoms with Crippen molar-refractivity contribution in [3.05, 3.63) is 80.4 Å². The summed E-state index contributed by atoms with van der Waals surface area (Å²) in [5.41, 5.74) is 0.581. The van der Waals surface area contributed by atoms with Gasteiger partial charge in [-0.2, -0.15) is 0 Å². The van der Waals surface area contributed by atoms with Crippen molar-refractivity contribution >= 4 is 51.3 Å². The monoisotopic (exact) mass is 493 g/mol. The van der Waals surface area contributed by atoms with E-state index in [0.29, 0.717) is 49.7 Å². The summed E-state index contributed by atoms with van der Waals surface area (Å²) in [5.74, 6) is 1.58. The van der Waals surface area contributed by atoms with Crippen molar-refractivity contribution in [2.75, 3.05) is 0 Å². The van der Waals surface area contributed by atoms with Crippen molar-refractivity contribution in [2.45, 2.75) is 30.5 Å². The number of nitrogens with zero attached hydrogens (tertiary/aromatic N) is 5. The van der Waals surface area contributed by atoms with Crippen molar-refractivity contribution in [2.24, 2.45) is 0 Å². The van der Waals surface area contributed by atoms with Crippen LogP contribution in [-0.4, -0.2) is 24.1 Å². The van der Waals surface area contributed by atoms with Gasteiger partial charge in [-0.05, 0) is 19.1 Å². The summed E-state index contributed by atoms with van der Waals surface area (Å²) in [6.07, 6.45) is 3.05. The number of hydrogen-bond donors (Lipinski definition) is 0. The maximum absolute atomic E-state index is 12.2. The Labute approximate surface area is 196 Å². The smallest absolute Gasteiger partial charge is 0.258 e. The zero-order valence-corrected chi connectivity index (χ0v) is 19.5. The third-order valence-corrected chi connectivity index (χ3v) is 6.63. The number of allylic oxidation sites excluding steroid dienone is 1. The van der Waals surface area contributed by atoms with Crippen LogP contribution in [0.5, 0.6) is 5.75 Å². The molecule has 0 saturated heterocycles. The Morgan fingerprint density at radius 1 is 1.32 bits per heavy atom. The third-order valence-electron chi connectivity index (χ3n) is 4.32. The van der Waals surface area contributed by atoms with E-state index >= 15 is 0 Å². The van der Waals surface area contributed by atoms with Gasteiger partial charge in [0.2, 0.25) is 0 Å². The summed E-state index contributed by atoms with van der Waals surface area (Å²) in [4.78, 5) is 17.4. The van der Waals surface area contributed by atoms with Crippen LogP contribution in [-0.2, 0) is 12.3 Å². The molecule has 31 heavy (non-hydrogen) atoms. The lowest BCUT2D eigenvalue weighted by atomic mass is 10.3. The van der Waals surface area contributed by atoms with Gasteiger partial charge in [0.15, 0.2) is 22.0 Å². The van der Waals surface area contributed by atoms with Crippen LogP contribution in [0.15, 0.2) is 58.4 Å². The maximum atomic E-state index is 12.2. The van der Waals surface area contributed by atoms with Gasteiger partial charge in [-0.15, -0.1) is 28.1 Å². The molecule has 0 radical (unpaired) electrons. The van der Waals surface area contributed by atoms with Crippen LogP contribution >= 0.6 is 46.3 Å². The molecule has 0 amide bonds. The fourth-order valence-corrected chi connectivity index (χ4v) is 4.83. The average molecular weight is 494 g/mol. The second kappa shape index (κ2) is 9.44. The van der Waals surface area contributed by atoms with Crippen molar-refractivity contribution in [1.29, 1.82) is 0 Å². The Morgan fingerprint density at radius 2 is 2.16 bits per heavy atom. The number of aromatic nitrogens is 5. The predicted octanol–water partition coefficient (Wildman–Crippen LogP) is 5.27. The van der Waals surface area contributed by atoms with Crippen molar-refractivity contribution in [3.8, 4) is 5.75 Å². The minimum absolute atomic E-state index is 0.101. The standard InChI is InChI=1S/C20H17Cl2N5O2S2/c1-3-6-27-18(12(2)29-16-9-13(21)4-5-15(16)22)24-25-20(27)31-11-14-10-17(28)26-7-8-30-19(26)23-14/h3-5,7-10,12H,1,6,11H2,2H3. The topological polar surface area (TPSA) is 74.3 Å². The zero-order chi connectivity index (χ0) is 22.0. The highest BCUT2D eigenvalue weighted by Crippen LogP contribution is 2.32. The Bertz CT molecular complexity index is 1300. The normalized spacial score (nSPS) is 12.2. The van der Waals surface area contributed by atoms with Crippen LogP contribution in [0.3, 0.4) is 0 Å². The largest absolute Gasteiger partial charge is 0.481 e. The number of rotatable bonds is 8. The van der Waals surface area contributed by atoms with E-state index in [9.17, 15) is 4.79 Å². The highest BCUT2D eigenvalue weighted by atomic mass is 35.5. The molecule has 1 unspecified atom stereocenters.